The first-order chi connectivity index (χ1) is 11.1. The molecule has 0 radical (unpaired) electrons. The average Bonchev–Trinajstić information content (AvgIpc) is 2.57. The number of nitrogens with zero attached hydrogens (tertiary/aromatic N) is 1. The number of rotatable bonds is 4. The predicted octanol–water partition coefficient (Wildman–Crippen LogP) is 3.94. The third-order valence-corrected chi connectivity index (χ3v) is 5.01. The highest BCUT2D eigenvalue weighted by Crippen LogP contribution is 2.33. The summed E-state index contributed by atoms with van der Waals surface area (Å²) in [5.74, 6) is 0.793. The van der Waals surface area contributed by atoms with E-state index in [0.29, 0.717) is 6.54 Å². The van der Waals surface area contributed by atoms with Gasteiger partial charge in [-0.3, -0.25) is 4.90 Å². The summed E-state index contributed by atoms with van der Waals surface area (Å²) in [7, 11) is 1.66. The molecule has 1 fully saturated rings. The zero-order chi connectivity index (χ0) is 16.3. The van der Waals surface area contributed by atoms with Crippen molar-refractivity contribution < 1.29 is 9.84 Å². The molecule has 0 amide bonds. The van der Waals surface area contributed by atoms with Crippen LogP contribution in [0.2, 0.25) is 0 Å². The van der Waals surface area contributed by atoms with Crippen molar-refractivity contribution in [3.63, 3.8) is 0 Å². The maximum atomic E-state index is 11.2. The second kappa shape index (κ2) is 7.04. The molecule has 3 rings (SSSR count). The Labute approximate surface area is 146 Å². The van der Waals surface area contributed by atoms with Gasteiger partial charge < -0.3 is 9.84 Å². The SMILES string of the molecule is COc1cccc(C2(O)CCCN(Cc3ccc(Br)cc3)C2)c1. The van der Waals surface area contributed by atoms with Gasteiger partial charge in [0.2, 0.25) is 0 Å². The van der Waals surface area contributed by atoms with Crippen molar-refractivity contribution in [2.75, 3.05) is 20.2 Å². The fraction of sp³-hybridized carbons (Fsp3) is 0.368. The van der Waals surface area contributed by atoms with Gasteiger partial charge in [-0.2, -0.15) is 0 Å². The summed E-state index contributed by atoms with van der Waals surface area (Å²) in [5.41, 5.74) is 1.41. The molecular formula is C19H22BrNO2. The summed E-state index contributed by atoms with van der Waals surface area (Å²) < 4.78 is 6.39. The van der Waals surface area contributed by atoms with Gasteiger partial charge in [-0.1, -0.05) is 40.2 Å². The fourth-order valence-corrected chi connectivity index (χ4v) is 3.52. The maximum Gasteiger partial charge on any atom is 0.119 e. The smallest absolute Gasteiger partial charge is 0.119 e. The molecule has 0 bridgehead atoms. The van der Waals surface area contributed by atoms with Gasteiger partial charge in [-0.05, 0) is 54.8 Å². The van der Waals surface area contributed by atoms with Gasteiger partial charge in [-0.15, -0.1) is 0 Å². The zero-order valence-electron chi connectivity index (χ0n) is 13.3. The van der Waals surface area contributed by atoms with E-state index in [0.717, 1.165) is 41.7 Å². The molecule has 0 aromatic heterocycles. The van der Waals surface area contributed by atoms with Crippen LogP contribution in [0.3, 0.4) is 0 Å². The minimum absolute atomic E-state index is 0.649. The monoisotopic (exact) mass is 375 g/mol. The van der Waals surface area contributed by atoms with Gasteiger partial charge in [0.1, 0.15) is 11.4 Å². The second-order valence-electron chi connectivity index (χ2n) is 6.20. The Morgan fingerprint density at radius 2 is 2.00 bits per heavy atom. The molecule has 2 aromatic carbocycles. The van der Waals surface area contributed by atoms with E-state index in [9.17, 15) is 5.11 Å². The Balaban J connectivity index is 1.75. The molecule has 2 aromatic rings. The van der Waals surface area contributed by atoms with Crippen molar-refractivity contribution in [3.05, 3.63) is 64.1 Å². The molecule has 1 heterocycles. The Kier molecular flexibility index (Phi) is 5.05. The van der Waals surface area contributed by atoms with Gasteiger partial charge in [-0.25, -0.2) is 0 Å². The molecule has 4 heteroatoms. The van der Waals surface area contributed by atoms with E-state index < -0.39 is 5.60 Å². The number of ether oxygens (including phenoxy) is 1. The molecule has 1 N–H and O–H groups in total. The van der Waals surface area contributed by atoms with E-state index in [-0.39, 0.29) is 0 Å². The summed E-state index contributed by atoms with van der Waals surface area (Å²) in [6.07, 6.45) is 1.78. The maximum absolute atomic E-state index is 11.2. The van der Waals surface area contributed by atoms with Crippen LogP contribution in [-0.2, 0) is 12.1 Å². The summed E-state index contributed by atoms with van der Waals surface area (Å²) in [5, 5.41) is 11.2. The zero-order valence-corrected chi connectivity index (χ0v) is 14.9. The van der Waals surface area contributed by atoms with Gasteiger partial charge in [0.05, 0.1) is 7.11 Å². The van der Waals surface area contributed by atoms with Crippen molar-refractivity contribution >= 4 is 15.9 Å². The number of methoxy groups -OCH3 is 1. The highest BCUT2D eigenvalue weighted by Gasteiger charge is 2.35. The lowest BCUT2D eigenvalue weighted by Crippen LogP contribution is -2.45. The van der Waals surface area contributed by atoms with Crippen molar-refractivity contribution in [1.29, 1.82) is 0 Å². The third kappa shape index (κ3) is 3.94. The van der Waals surface area contributed by atoms with Gasteiger partial charge in [0.15, 0.2) is 0 Å². The Morgan fingerprint density at radius 3 is 2.74 bits per heavy atom. The van der Waals surface area contributed by atoms with Crippen molar-refractivity contribution in [1.82, 2.24) is 4.90 Å². The highest BCUT2D eigenvalue weighted by atomic mass is 79.9. The van der Waals surface area contributed by atoms with Crippen molar-refractivity contribution in [2.24, 2.45) is 0 Å². The van der Waals surface area contributed by atoms with Crippen LogP contribution in [-0.4, -0.2) is 30.2 Å². The molecule has 1 saturated heterocycles. The number of β-amino-alcohol motifs (C(OH)–C–C–N with tert-alkyl or cyclic N) is 1. The molecule has 1 aliphatic rings. The first-order valence-corrected chi connectivity index (χ1v) is 8.72. The van der Waals surface area contributed by atoms with E-state index in [1.807, 2.05) is 24.3 Å². The van der Waals surface area contributed by atoms with Gasteiger partial charge in [0.25, 0.3) is 0 Å². The van der Waals surface area contributed by atoms with Crippen LogP contribution in [0.1, 0.15) is 24.0 Å². The lowest BCUT2D eigenvalue weighted by Gasteiger charge is -2.39. The second-order valence-corrected chi connectivity index (χ2v) is 7.12. The van der Waals surface area contributed by atoms with Crippen LogP contribution < -0.4 is 4.74 Å². The normalized spacial score (nSPS) is 22.0. The Bertz CT molecular complexity index is 659. The number of aliphatic hydroxyl groups is 1. The molecule has 0 aliphatic carbocycles. The number of piperidine rings is 1. The number of likely N-dealkylation sites (tertiary alicyclic amines) is 1. The summed E-state index contributed by atoms with van der Waals surface area (Å²) >= 11 is 3.47. The number of halogens is 1. The molecule has 0 spiro atoms. The van der Waals surface area contributed by atoms with Crippen LogP contribution in [0.25, 0.3) is 0 Å². The van der Waals surface area contributed by atoms with E-state index in [4.69, 9.17) is 4.74 Å². The third-order valence-electron chi connectivity index (χ3n) is 4.48. The molecule has 3 nitrogen and oxygen atoms in total. The quantitative estimate of drug-likeness (QED) is 0.878. The van der Waals surface area contributed by atoms with E-state index in [2.05, 4.69) is 45.1 Å². The van der Waals surface area contributed by atoms with E-state index in [1.165, 1.54) is 5.56 Å². The predicted molar refractivity (Wildman–Crippen MR) is 95.5 cm³/mol. The number of benzene rings is 2. The van der Waals surface area contributed by atoms with Gasteiger partial charge >= 0.3 is 0 Å². The summed E-state index contributed by atoms with van der Waals surface area (Å²) in [4.78, 5) is 2.33. The summed E-state index contributed by atoms with van der Waals surface area (Å²) in [6, 6.07) is 16.2. The van der Waals surface area contributed by atoms with Crippen LogP contribution in [0.4, 0.5) is 0 Å². The van der Waals surface area contributed by atoms with Gasteiger partial charge in [0, 0.05) is 17.6 Å². The molecule has 0 saturated carbocycles. The van der Waals surface area contributed by atoms with Crippen LogP contribution in [0.5, 0.6) is 5.75 Å². The van der Waals surface area contributed by atoms with Crippen LogP contribution in [0, 0.1) is 0 Å². The molecule has 23 heavy (non-hydrogen) atoms. The first-order valence-electron chi connectivity index (χ1n) is 7.93. The Hall–Kier alpha value is -1.36. The van der Waals surface area contributed by atoms with Crippen LogP contribution >= 0.6 is 15.9 Å². The standard InChI is InChI=1S/C19H22BrNO2/c1-23-18-5-2-4-16(12-18)19(22)10-3-11-21(14-19)13-15-6-8-17(20)9-7-15/h2,4-9,12,22H,3,10-11,13-14H2,1H3. The minimum Gasteiger partial charge on any atom is -0.497 e. The molecule has 122 valence electrons. The van der Waals surface area contributed by atoms with E-state index >= 15 is 0 Å². The lowest BCUT2D eigenvalue weighted by molar-refractivity contribution is -0.0382. The lowest BCUT2D eigenvalue weighted by atomic mass is 9.85. The van der Waals surface area contributed by atoms with E-state index in [1.54, 1.807) is 7.11 Å². The summed E-state index contributed by atoms with van der Waals surface area (Å²) in [6.45, 7) is 2.53. The topological polar surface area (TPSA) is 32.7 Å². The van der Waals surface area contributed by atoms with Crippen LogP contribution in [0.15, 0.2) is 53.0 Å². The Morgan fingerprint density at radius 1 is 1.22 bits per heavy atom. The molecule has 1 unspecified atom stereocenters. The number of hydrogen-bond donors (Lipinski definition) is 1. The molecule has 1 aliphatic heterocycles. The average molecular weight is 376 g/mol. The highest BCUT2D eigenvalue weighted by molar-refractivity contribution is 9.10. The number of hydrogen-bond acceptors (Lipinski definition) is 3. The van der Waals surface area contributed by atoms with Crippen molar-refractivity contribution in [3.8, 4) is 5.75 Å². The largest absolute Gasteiger partial charge is 0.497 e. The minimum atomic E-state index is -0.803. The molecule has 1 atom stereocenters. The fourth-order valence-electron chi connectivity index (χ4n) is 3.25. The molecular weight excluding hydrogens is 354 g/mol. The first kappa shape index (κ1) is 16.5. The van der Waals surface area contributed by atoms with Crippen molar-refractivity contribution in [2.45, 2.75) is 25.0 Å².